The van der Waals surface area contributed by atoms with Crippen LogP contribution in [0.15, 0.2) is 55.0 Å². The summed E-state index contributed by atoms with van der Waals surface area (Å²) in [6, 6.07) is 11.9. The summed E-state index contributed by atoms with van der Waals surface area (Å²) in [5.74, 6) is 2.47. The number of amides is 1. The zero-order valence-corrected chi connectivity index (χ0v) is 17.6. The quantitative estimate of drug-likeness (QED) is 0.602. The lowest BCUT2D eigenvalue weighted by molar-refractivity contribution is -0.130. The number of pyridine rings is 1. The van der Waals surface area contributed by atoms with Crippen LogP contribution in [0.5, 0.6) is 5.75 Å². The van der Waals surface area contributed by atoms with Crippen LogP contribution in [0.2, 0.25) is 0 Å². The number of nitrogens with zero attached hydrogens (tertiary/aromatic N) is 4. The van der Waals surface area contributed by atoms with Crippen molar-refractivity contribution >= 4 is 5.91 Å². The Morgan fingerprint density at radius 3 is 2.77 bits per heavy atom. The second-order valence-corrected chi connectivity index (χ2v) is 7.92. The molecular formula is C24H28N4O2. The van der Waals surface area contributed by atoms with E-state index in [9.17, 15) is 4.79 Å². The van der Waals surface area contributed by atoms with E-state index in [1.807, 2.05) is 53.7 Å². The molecular weight excluding hydrogens is 376 g/mol. The molecule has 3 aromatic rings. The predicted molar refractivity (Wildman–Crippen MR) is 116 cm³/mol. The molecule has 3 heterocycles. The summed E-state index contributed by atoms with van der Waals surface area (Å²) in [6.07, 6.45) is 7.87. The van der Waals surface area contributed by atoms with Gasteiger partial charge in [0, 0.05) is 55.9 Å². The Bertz CT molecular complexity index is 982. The van der Waals surface area contributed by atoms with Gasteiger partial charge in [0.05, 0.1) is 7.11 Å². The Morgan fingerprint density at radius 2 is 2.03 bits per heavy atom. The minimum Gasteiger partial charge on any atom is -0.497 e. The van der Waals surface area contributed by atoms with Crippen LogP contribution in [0.25, 0.3) is 11.4 Å². The average molecular weight is 405 g/mol. The summed E-state index contributed by atoms with van der Waals surface area (Å²) in [5, 5.41) is 0. The van der Waals surface area contributed by atoms with Crippen molar-refractivity contribution in [2.24, 2.45) is 5.92 Å². The van der Waals surface area contributed by atoms with Crippen molar-refractivity contribution in [2.75, 3.05) is 20.2 Å². The molecule has 156 valence electrons. The van der Waals surface area contributed by atoms with Gasteiger partial charge in [0.25, 0.3) is 0 Å². The number of aryl methyl sites for hydroxylation is 2. The maximum Gasteiger partial charge on any atom is 0.222 e. The fraction of sp³-hybridized carbons (Fsp3) is 0.375. The minimum atomic E-state index is 0.239. The third kappa shape index (κ3) is 4.53. The van der Waals surface area contributed by atoms with E-state index in [0.29, 0.717) is 12.3 Å². The van der Waals surface area contributed by atoms with Gasteiger partial charge >= 0.3 is 0 Å². The number of likely N-dealkylation sites (tertiary alicyclic amines) is 1. The molecule has 1 unspecified atom stereocenters. The first kappa shape index (κ1) is 20.1. The fourth-order valence-corrected chi connectivity index (χ4v) is 4.08. The van der Waals surface area contributed by atoms with Crippen LogP contribution in [0.3, 0.4) is 0 Å². The summed E-state index contributed by atoms with van der Waals surface area (Å²) in [6.45, 7) is 4.60. The molecule has 1 aromatic carbocycles. The number of carbonyl (C=O) groups is 1. The SMILES string of the molecule is COc1ccc(CCC(=O)N2CCC(Cn3c(C)cnc3-c3cccnc3)C2)cc1. The van der Waals surface area contributed by atoms with Gasteiger partial charge in [-0.3, -0.25) is 9.78 Å². The van der Waals surface area contributed by atoms with E-state index < -0.39 is 0 Å². The highest BCUT2D eigenvalue weighted by molar-refractivity contribution is 5.76. The number of aromatic nitrogens is 3. The van der Waals surface area contributed by atoms with Gasteiger partial charge in [-0.1, -0.05) is 12.1 Å². The maximum atomic E-state index is 12.7. The molecule has 0 radical (unpaired) electrons. The molecule has 1 saturated heterocycles. The predicted octanol–water partition coefficient (Wildman–Crippen LogP) is 3.74. The van der Waals surface area contributed by atoms with Gasteiger partial charge in [-0.2, -0.15) is 0 Å². The first-order chi connectivity index (χ1) is 14.6. The molecule has 6 heteroatoms. The van der Waals surface area contributed by atoms with E-state index in [-0.39, 0.29) is 5.91 Å². The van der Waals surface area contributed by atoms with E-state index in [2.05, 4.69) is 21.5 Å². The van der Waals surface area contributed by atoms with E-state index in [0.717, 1.165) is 60.9 Å². The summed E-state index contributed by atoms with van der Waals surface area (Å²) in [7, 11) is 1.66. The van der Waals surface area contributed by atoms with E-state index in [1.165, 1.54) is 0 Å². The highest BCUT2D eigenvalue weighted by atomic mass is 16.5. The van der Waals surface area contributed by atoms with Crippen LogP contribution in [0, 0.1) is 12.8 Å². The van der Waals surface area contributed by atoms with Gasteiger partial charge in [0.2, 0.25) is 5.91 Å². The van der Waals surface area contributed by atoms with Crippen molar-refractivity contribution in [3.05, 3.63) is 66.2 Å². The van der Waals surface area contributed by atoms with Crippen LogP contribution >= 0.6 is 0 Å². The molecule has 0 spiro atoms. The molecule has 30 heavy (non-hydrogen) atoms. The first-order valence-electron chi connectivity index (χ1n) is 10.5. The van der Waals surface area contributed by atoms with E-state index >= 15 is 0 Å². The molecule has 1 atom stereocenters. The second-order valence-electron chi connectivity index (χ2n) is 7.92. The number of rotatable bonds is 7. The number of carbonyl (C=O) groups excluding carboxylic acids is 1. The largest absolute Gasteiger partial charge is 0.497 e. The zero-order chi connectivity index (χ0) is 20.9. The van der Waals surface area contributed by atoms with Gasteiger partial charge in [0.15, 0.2) is 0 Å². The minimum absolute atomic E-state index is 0.239. The molecule has 1 aliphatic rings. The highest BCUT2D eigenvalue weighted by Crippen LogP contribution is 2.25. The van der Waals surface area contributed by atoms with Crippen LogP contribution in [-0.4, -0.2) is 45.5 Å². The molecule has 2 aromatic heterocycles. The Labute approximate surface area is 177 Å². The fourth-order valence-electron chi connectivity index (χ4n) is 4.08. The van der Waals surface area contributed by atoms with Crippen molar-refractivity contribution in [1.29, 1.82) is 0 Å². The molecule has 6 nitrogen and oxygen atoms in total. The number of hydrogen-bond donors (Lipinski definition) is 0. The molecule has 4 rings (SSSR count). The van der Waals surface area contributed by atoms with Crippen LogP contribution in [0.4, 0.5) is 0 Å². The lowest BCUT2D eigenvalue weighted by atomic mass is 10.1. The third-order valence-corrected chi connectivity index (χ3v) is 5.84. The van der Waals surface area contributed by atoms with Gasteiger partial charge in [-0.15, -0.1) is 0 Å². The van der Waals surface area contributed by atoms with Crippen LogP contribution in [-0.2, 0) is 17.8 Å². The lowest BCUT2D eigenvalue weighted by Gasteiger charge is -2.18. The number of ether oxygens (including phenoxy) is 1. The second kappa shape index (κ2) is 9.11. The Balaban J connectivity index is 1.33. The molecule has 1 amide bonds. The molecule has 1 aliphatic heterocycles. The summed E-state index contributed by atoms with van der Waals surface area (Å²) in [5.41, 5.74) is 3.32. The van der Waals surface area contributed by atoms with Gasteiger partial charge in [-0.05, 0) is 55.5 Å². The van der Waals surface area contributed by atoms with Gasteiger partial charge in [0.1, 0.15) is 11.6 Å². The molecule has 1 fully saturated rings. The smallest absolute Gasteiger partial charge is 0.222 e. The van der Waals surface area contributed by atoms with Crippen LogP contribution < -0.4 is 4.74 Å². The number of benzene rings is 1. The molecule has 0 N–H and O–H groups in total. The number of imidazole rings is 1. The standard InChI is InChI=1S/C24H28N4O2/c1-18-14-26-24(21-4-3-12-25-15-21)28(18)17-20-11-13-27(16-20)23(29)10-7-19-5-8-22(30-2)9-6-19/h3-6,8-9,12,14-15,20H,7,10-11,13,16-17H2,1-2H3. The summed E-state index contributed by atoms with van der Waals surface area (Å²) >= 11 is 0. The number of methoxy groups -OCH3 is 1. The highest BCUT2D eigenvalue weighted by Gasteiger charge is 2.27. The van der Waals surface area contributed by atoms with Crippen molar-refractivity contribution in [2.45, 2.75) is 32.7 Å². The first-order valence-corrected chi connectivity index (χ1v) is 10.5. The summed E-state index contributed by atoms with van der Waals surface area (Å²) < 4.78 is 7.45. The molecule has 0 aliphatic carbocycles. The van der Waals surface area contributed by atoms with E-state index in [1.54, 1.807) is 13.3 Å². The Kier molecular flexibility index (Phi) is 6.12. The zero-order valence-electron chi connectivity index (χ0n) is 17.6. The van der Waals surface area contributed by atoms with E-state index in [4.69, 9.17) is 4.74 Å². The van der Waals surface area contributed by atoms with Crippen molar-refractivity contribution in [1.82, 2.24) is 19.4 Å². The molecule has 0 saturated carbocycles. The average Bonchev–Trinajstić information content (AvgIpc) is 3.40. The monoisotopic (exact) mass is 404 g/mol. The Morgan fingerprint density at radius 1 is 1.20 bits per heavy atom. The van der Waals surface area contributed by atoms with Crippen molar-refractivity contribution < 1.29 is 9.53 Å². The third-order valence-electron chi connectivity index (χ3n) is 5.84. The number of hydrogen-bond acceptors (Lipinski definition) is 4. The Hall–Kier alpha value is -3.15. The molecule has 0 bridgehead atoms. The van der Waals surface area contributed by atoms with Crippen molar-refractivity contribution in [3.8, 4) is 17.1 Å². The van der Waals surface area contributed by atoms with Crippen LogP contribution in [0.1, 0.15) is 24.1 Å². The van der Waals surface area contributed by atoms with Gasteiger partial charge < -0.3 is 14.2 Å². The topological polar surface area (TPSA) is 60.2 Å². The van der Waals surface area contributed by atoms with Gasteiger partial charge in [-0.25, -0.2) is 4.98 Å². The van der Waals surface area contributed by atoms with Crippen molar-refractivity contribution in [3.63, 3.8) is 0 Å². The normalized spacial score (nSPS) is 16.1. The lowest BCUT2D eigenvalue weighted by Crippen LogP contribution is -2.29. The summed E-state index contributed by atoms with van der Waals surface area (Å²) in [4.78, 5) is 23.5. The maximum absolute atomic E-state index is 12.7.